The molecule has 2 fully saturated rings. The van der Waals surface area contributed by atoms with Crippen molar-refractivity contribution < 1.29 is 9.53 Å². The molecule has 18 heavy (non-hydrogen) atoms. The molecule has 1 amide bonds. The van der Waals surface area contributed by atoms with Gasteiger partial charge in [0, 0.05) is 5.54 Å². The molecule has 1 aromatic rings. The lowest BCUT2D eigenvalue weighted by atomic mass is 10.1. The van der Waals surface area contributed by atoms with Crippen LogP contribution in [0.25, 0.3) is 0 Å². The summed E-state index contributed by atoms with van der Waals surface area (Å²) in [4.78, 5) is 11.7. The maximum absolute atomic E-state index is 11.7. The molecule has 1 saturated carbocycles. The molecule has 4 nitrogen and oxygen atoms in total. The second-order valence-electron chi connectivity index (χ2n) is 5.13. The molecule has 0 aromatic heterocycles. The van der Waals surface area contributed by atoms with Crippen LogP contribution in [-0.2, 0) is 11.3 Å². The monoisotopic (exact) mass is 246 g/mol. The summed E-state index contributed by atoms with van der Waals surface area (Å²) in [6, 6.07) is 9.97. The van der Waals surface area contributed by atoms with E-state index in [-0.39, 0.29) is 17.7 Å². The van der Waals surface area contributed by atoms with Crippen LogP contribution in [0, 0.1) is 0 Å². The van der Waals surface area contributed by atoms with Crippen LogP contribution in [0.5, 0.6) is 0 Å². The number of carbonyl (C=O) groups excluding carboxylic acids is 1. The van der Waals surface area contributed by atoms with Gasteiger partial charge in [-0.2, -0.15) is 0 Å². The van der Waals surface area contributed by atoms with Gasteiger partial charge >= 0.3 is 6.09 Å². The van der Waals surface area contributed by atoms with E-state index < -0.39 is 0 Å². The van der Waals surface area contributed by atoms with Crippen molar-refractivity contribution in [2.24, 2.45) is 0 Å². The predicted molar refractivity (Wildman–Crippen MR) is 68.1 cm³/mol. The molecule has 1 saturated heterocycles. The van der Waals surface area contributed by atoms with E-state index in [0.717, 1.165) is 31.4 Å². The third kappa shape index (κ3) is 2.34. The van der Waals surface area contributed by atoms with Gasteiger partial charge < -0.3 is 15.4 Å². The van der Waals surface area contributed by atoms with Gasteiger partial charge in [-0.1, -0.05) is 30.3 Å². The Morgan fingerprint density at radius 3 is 2.89 bits per heavy atom. The van der Waals surface area contributed by atoms with Gasteiger partial charge in [0.1, 0.15) is 6.61 Å². The fourth-order valence-electron chi connectivity index (χ4n) is 2.64. The average Bonchev–Trinajstić information content (AvgIpc) is 3.07. The number of benzene rings is 1. The van der Waals surface area contributed by atoms with Crippen molar-refractivity contribution in [2.75, 3.05) is 6.54 Å². The minimum Gasteiger partial charge on any atom is -0.445 e. The van der Waals surface area contributed by atoms with Gasteiger partial charge in [-0.15, -0.1) is 0 Å². The van der Waals surface area contributed by atoms with Gasteiger partial charge in [-0.05, 0) is 31.4 Å². The van der Waals surface area contributed by atoms with Crippen molar-refractivity contribution in [3.8, 4) is 0 Å². The van der Waals surface area contributed by atoms with Crippen molar-refractivity contribution in [3.63, 3.8) is 0 Å². The SMILES string of the molecule is O=C(NC1CCNC12CC2)OCc1ccccc1. The lowest BCUT2D eigenvalue weighted by Gasteiger charge is -2.19. The van der Waals surface area contributed by atoms with E-state index in [0.29, 0.717) is 6.61 Å². The highest BCUT2D eigenvalue weighted by Crippen LogP contribution is 2.42. The first-order valence-electron chi connectivity index (χ1n) is 6.51. The van der Waals surface area contributed by atoms with E-state index in [1.54, 1.807) is 0 Å². The largest absolute Gasteiger partial charge is 0.445 e. The zero-order valence-corrected chi connectivity index (χ0v) is 10.3. The number of rotatable bonds is 3. The second kappa shape index (κ2) is 4.61. The van der Waals surface area contributed by atoms with Crippen molar-refractivity contribution >= 4 is 6.09 Å². The van der Waals surface area contributed by atoms with Crippen LogP contribution >= 0.6 is 0 Å². The Labute approximate surface area is 107 Å². The summed E-state index contributed by atoms with van der Waals surface area (Å²) < 4.78 is 5.23. The number of hydrogen-bond acceptors (Lipinski definition) is 3. The maximum Gasteiger partial charge on any atom is 0.407 e. The molecule has 2 aliphatic rings. The first kappa shape index (κ1) is 11.5. The number of amides is 1. The molecule has 4 heteroatoms. The van der Waals surface area contributed by atoms with Gasteiger partial charge in [-0.3, -0.25) is 0 Å². The summed E-state index contributed by atoms with van der Waals surface area (Å²) in [5.41, 5.74) is 1.20. The quantitative estimate of drug-likeness (QED) is 0.855. The first-order valence-corrected chi connectivity index (χ1v) is 6.51. The highest BCUT2D eigenvalue weighted by atomic mass is 16.5. The molecule has 1 heterocycles. The van der Waals surface area contributed by atoms with Crippen LogP contribution in [0.2, 0.25) is 0 Å². The van der Waals surface area contributed by atoms with Crippen molar-refractivity contribution in [1.29, 1.82) is 0 Å². The van der Waals surface area contributed by atoms with E-state index in [1.807, 2.05) is 30.3 Å². The van der Waals surface area contributed by atoms with Crippen LogP contribution in [0.15, 0.2) is 30.3 Å². The molecule has 96 valence electrons. The Balaban J connectivity index is 1.48. The standard InChI is InChI=1S/C14H18N2O2/c17-13(18-10-11-4-2-1-3-5-11)16-12-6-9-15-14(12)7-8-14/h1-5,12,15H,6-10H2,(H,16,17). The van der Waals surface area contributed by atoms with E-state index in [1.165, 1.54) is 0 Å². The topological polar surface area (TPSA) is 50.4 Å². The third-order valence-electron chi connectivity index (χ3n) is 3.87. The number of nitrogens with one attached hydrogen (secondary N) is 2. The first-order chi connectivity index (χ1) is 8.78. The van der Waals surface area contributed by atoms with E-state index in [9.17, 15) is 4.79 Å². The van der Waals surface area contributed by atoms with Gasteiger partial charge in [0.05, 0.1) is 6.04 Å². The smallest absolute Gasteiger partial charge is 0.407 e. The molecule has 1 aliphatic carbocycles. The number of alkyl carbamates (subject to hydrolysis) is 1. The molecule has 1 aliphatic heterocycles. The van der Waals surface area contributed by atoms with Gasteiger partial charge in [-0.25, -0.2) is 4.79 Å². The van der Waals surface area contributed by atoms with Gasteiger partial charge in [0.15, 0.2) is 0 Å². The summed E-state index contributed by atoms with van der Waals surface area (Å²) in [7, 11) is 0. The fraction of sp³-hybridized carbons (Fsp3) is 0.500. The Kier molecular flexibility index (Phi) is 2.96. The highest BCUT2D eigenvalue weighted by molar-refractivity contribution is 5.68. The molecule has 1 spiro atoms. The van der Waals surface area contributed by atoms with Crippen LogP contribution in [-0.4, -0.2) is 24.2 Å². The van der Waals surface area contributed by atoms with Crippen LogP contribution in [0.3, 0.4) is 0 Å². The molecule has 0 radical (unpaired) electrons. The maximum atomic E-state index is 11.7. The lowest BCUT2D eigenvalue weighted by Crippen LogP contribution is -2.45. The van der Waals surface area contributed by atoms with Crippen molar-refractivity contribution in [2.45, 2.75) is 37.5 Å². The minimum atomic E-state index is -0.307. The third-order valence-corrected chi connectivity index (χ3v) is 3.87. The summed E-state index contributed by atoms with van der Waals surface area (Å²) >= 11 is 0. The van der Waals surface area contributed by atoms with Crippen LogP contribution < -0.4 is 10.6 Å². The normalized spacial score (nSPS) is 23.9. The molecular formula is C14H18N2O2. The van der Waals surface area contributed by atoms with Crippen LogP contribution in [0.4, 0.5) is 4.79 Å². The molecule has 2 N–H and O–H groups in total. The summed E-state index contributed by atoms with van der Waals surface area (Å²) in [6.45, 7) is 1.32. The van der Waals surface area contributed by atoms with E-state index in [2.05, 4.69) is 10.6 Å². The molecule has 1 aromatic carbocycles. The van der Waals surface area contributed by atoms with Crippen LogP contribution in [0.1, 0.15) is 24.8 Å². The van der Waals surface area contributed by atoms with E-state index in [4.69, 9.17) is 4.74 Å². The summed E-state index contributed by atoms with van der Waals surface area (Å²) in [5.74, 6) is 0. The summed E-state index contributed by atoms with van der Waals surface area (Å²) in [6.07, 6.45) is 3.02. The average molecular weight is 246 g/mol. The van der Waals surface area contributed by atoms with Gasteiger partial charge in [0.2, 0.25) is 0 Å². The molecular weight excluding hydrogens is 228 g/mol. The van der Waals surface area contributed by atoms with Crippen molar-refractivity contribution in [3.05, 3.63) is 35.9 Å². The Morgan fingerprint density at radius 1 is 1.39 bits per heavy atom. The van der Waals surface area contributed by atoms with E-state index >= 15 is 0 Å². The Hall–Kier alpha value is -1.55. The number of ether oxygens (including phenoxy) is 1. The number of hydrogen-bond donors (Lipinski definition) is 2. The Morgan fingerprint density at radius 2 is 2.17 bits per heavy atom. The predicted octanol–water partition coefficient (Wildman–Crippen LogP) is 1.81. The Bertz CT molecular complexity index is 429. The number of carbonyl (C=O) groups is 1. The zero-order valence-electron chi connectivity index (χ0n) is 10.3. The molecule has 3 rings (SSSR count). The molecule has 0 bridgehead atoms. The molecule has 1 atom stereocenters. The fourth-order valence-corrected chi connectivity index (χ4v) is 2.64. The zero-order chi connectivity index (χ0) is 12.4. The summed E-state index contributed by atoms with van der Waals surface area (Å²) in [5, 5.41) is 6.44. The second-order valence-corrected chi connectivity index (χ2v) is 5.13. The van der Waals surface area contributed by atoms with Crippen molar-refractivity contribution in [1.82, 2.24) is 10.6 Å². The lowest BCUT2D eigenvalue weighted by molar-refractivity contribution is 0.134. The minimum absolute atomic E-state index is 0.186. The molecule has 1 unspecified atom stereocenters. The van der Waals surface area contributed by atoms with Gasteiger partial charge in [0.25, 0.3) is 0 Å². The highest BCUT2D eigenvalue weighted by Gasteiger charge is 2.52.